The summed E-state index contributed by atoms with van der Waals surface area (Å²) >= 11 is 1.77. The highest BCUT2D eigenvalue weighted by atomic mass is 32.2. The second-order valence-electron chi connectivity index (χ2n) is 8.11. The van der Waals surface area contributed by atoms with Crippen LogP contribution in [0.15, 0.2) is 58.5 Å². The fraction of sp³-hybridized carbons (Fsp3) is 0.435. The zero-order valence-electron chi connectivity index (χ0n) is 19.0. The van der Waals surface area contributed by atoms with Crippen molar-refractivity contribution in [2.75, 3.05) is 32.9 Å². The second-order valence-corrected chi connectivity index (χ2v) is 9.28. The van der Waals surface area contributed by atoms with Gasteiger partial charge in [0, 0.05) is 43.6 Å². The van der Waals surface area contributed by atoms with Gasteiger partial charge < -0.3 is 20.3 Å². The summed E-state index contributed by atoms with van der Waals surface area (Å²) in [6, 6.07) is 14.1. The summed E-state index contributed by atoms with van der Waals surface area (Å²) in [5.41, 5.74) is 0.671. The third-order valence-electron chi connectivity index (χ3n) is 3.94. The van der Waals surface area contributed by atoms with E-state index in [1.54, 1.807) is 37.0 Å². The van der Waals surface area contributed by atoms with Crippen molar-refractivity contribution in [2.45, 2.75) is 37.8 Å². The standard InChI is InChI=1S/C23H33N5O2S/c1-23(2,3)30-20-12-11-18(15-25-20)16-26-22(27-17-21(29)28(4)5)24-13-14-31-19-9-7-6-8-10-19/h6-12,15H,13-14,16-17H2,1-5H3,(H2,24,26,27). The van der Waals surface area contributed by atoms with Gasteiger partial charge in [0.15, 0.2) is 5.96 Å². The molecule has 2 rings (SSSR count). The van der Waals surface area contributed by atoms with Gasteiger partial charge in [0.05, 0.1) is 13.1 Å². The fourth-order valence-corrected chi connectivity index (χ4v) is 3.19. The molecule has 168 valence electrons. The van der Waals surface area contributed by atoms with Crippen molar-refractivity contribution in [1.29, 1.82) is 0 Å². The quantitative estimate of drug-likeness (QED) is 0.268. The van der Waals surface area contributed by atoms with Crippen LogP contribution in [0.4, 0.5) is 0 Å². The number of nitrogens with one attached hydrogen (secondary N) is 2. The molecule has 0 aliphatic carbocycles. The summed E-state index contributed by atoms with van der Waals surface area (Å²) in [4.78, 5) is 23.7. The van der Waals surface area contributed by atoms with Gasteiger partial charge in [-0.05, 0) is 38.5 Å². The number of benzene rings is 1. The number of likely N-dealkylation sites (N-methyl/N-ethyl adjacent to an activating group) is 1. The maximum absolute atomic E-state index is 11.9. The number of carbonyl (C=O) groups is 1. The van der Waals surface area contributed by atoms with E-state index >= 15 is 0 Å². The minimum Gasteiger partial charge on any atom is -0.472 e. The number of guanidine groups is 1. The van der Waals surface area contributed by atoms with Crippen molar-refractivity contribution < 1.29 is 9.53 Å². The summed E-state index contributed by atoms with van der Waals surface area (Å²) in [6.45, 7) is 7.31. The summed E-state index contributed by atoms with van der Waals surface area (Å²) in [5, 5.41) is 6.40. The number of amides is 1. The summed E-state index contributed by atoms with van der Waals surface area (Å²) in [5.74, 6) is 2.05. The van der Waals surface area contributed by atoms with Gasteiger partial charge in [0.25, 0.3) is 0 Å². The number of aromatic nitrogens is 1. The first kappa shape index (κ1) is 24.5. The molecular weight excluding hydrogens is 410 g/mol. The Labute approximate surface area is 189 Å². The predicted molar refractivity (Wildman–Crippen MR) is 128 cm³/mol. The van der Waals surface area contributed by atoms with Crippen LogP contribution in [-0.2, 0) is 11.3 Å². The first-order chi connectivity index (χ1) is 14.7. The van der Waals surface area contributed by atoms with Gasteiger partial charge in [-0.1, -0.05) is 24.3 Å². The SMILES string of the molecule is CN(C)C(=O)CNC(=NCc1ccc(OC(C)(C)C)nc1)NCCSc1ccccc1. The molecule has 2 N–H and O–H groups in total. The van der Waals surface area contributed by atoms with E-state index in [2.05, 4.69) is 32.7 Å². The number of rotatable bonds is 9. The van der Waals surface area contributed by atoms with Crippen molar-refractivity contribution in [3.8, 4) is 5.88 Å². The first-order valence-corrected chi connectivity index (χ1v) is 11.3. The Bertz CT molecular complexity index is 833. The van der Waals surface area contributed by atoms with E-state index in [1.807, 2.05) is 51.1 Å². The zero-order valence-corrected chi connectivity index (χ0v) is 19.8. The van der Waals surface area contributed by atoms with Crippen LogP contribution in [0.25, 0.3) is 0 Å². The van der Waals surface area contributed by atoms with Crippen molar-refractivity contribution in [2.24, 2.45) is 4.99 Å². The molecule has 7 nitrogen and oxygen atoms in total. The molecule has 1 aromatic carbocycles. The van der Waals surface area contributed by atoms with Crippen molar-refractivity contribution in [3.63, 3.8) is 0 Å². The molecule has 0 radical (unpaired) electrons. The van der Waals surface area contributed by atoms with E-state index in [-0.39, 0.29) is 18.1 Å². The van der Waals surface area contributed by atoms with E-state index < -0.39 is 0 Å². The zero-order chi connectivity index (χ0) is 22.7. The number of ether oxygens (including phenoxy) is 1. The van der Waals surface area contributed by atoms with Crippen molar-refractivity contribution >= 4 is 23.6 Å². The highest BCUT2D eigenvalue weighted by molar-refractivity contribution is 7.99. The second kappa shape index (κ2) is 12.2. The Balaban J connectivity index is 1.92. The highest BCUT2D eigenvalue weighted by Crippen LogP contribution is 2.16. The van der Waals surface area contributed by atoms with Crippen LogP contribution in [0, 0.1) is 0 Å². The first-order valence-electron chi connectivity index (χ1n) is 10.3. The van der Waals surface area contributed by atoms with E-state index in [4.69, 9.17) is 4.74 Å². The van der Waals surface area contributed by atoms with Crippen LogP contribution in [0.2, 0.25) is 0 Å². The van der Waals surface area contributed by atoms with Gasteiger partial charge >= 0.3 is 0 Å². The molecule has 8 heteroatoms. The normalized spacial score (nSPS) is 11.7. The van der Waals surface area contributed by atoms with Crippen molar-refractivity contribution in [3.05, 3.63) is 54.2 Å². The maximum Gasteiger partial charge on any atom is 0.241 e. The van der Waals surface area contributed by atoms with Crippen molar-refractivity contribution in [1.82, 2.24) is 20.5 Å². The molecule has 0 unspecified atom stereocenters. The number of nitrogens with zero attached hydrogens (tertiary/aromatic N) is 3. The maximum atomic E-state index is 11.9. The Hall–Kier alpha value is -2.74. The number of thioether (sulfide) groups is 1. The summed E-state index contributed by atoms with van der Waals surface area (Å²) in [6.07, 6.45) is 1.76. The molecule has 0 bridgehead atoms. The molecule has 0 saturated heterocycles. The van der Waals surface area contributed by atoms with Crippen LogP contribution < -0.4 is 15.4 Å². The van der Waals surface area contributed by atoms with Gasteiger partial charge in [-0.2, -0.15) is 0 Å². The van der Waals surface area contributed by atoms with Gasteiger partial charge in [-0.15, -0.1) is 11.8 Å². The molecule has 0 aliphatic rings. The Morgan fingerprint density at radius 2 is 1.87 bits per heavy atom. The monoisotopic (exact) mass is 443 g/mol. The number of pyridine rings is 1. The molecule has 1 heterocycles. The van der Waals surface area contributed by atoms with E-state index in [0.717, 1.165) is 17.9 Å². The van der Waals surface area contributed by atoms with Gasteiger partial charge in [-0.3, -0.25) is 4.79 Å². The molecular formula is C23H33N5O2S. The molecule has 0 spiro atoms. The molecule has 0 fully saturated rings. The van der Waals surface area contributed by atoms with Crippen LogP contribution in [-0.4, -0.2) is 60.3 Å². The third kappa shape index (κ3) is 10.2. The predicted octanol–water partition coefficient (Wildman–Crippen LogP) is 3.17. The molecule has 0 saturated carbocycles. The lowest BCUT2D eigenvalue weighted by atomic mass is 10.2. The number of carbonyl (C=O) groups excluding carboxylic acids is 1. The average Bonchev–Trinajstić information content (AvgIpc) is 2.73. The Morgan fingerprint density at radius 1 is 1.13 bits per heavy atom. The molecule has 1 aromatic heterocycles. The average molecular weight is 444 g/mol. The van der Waals surface area contributed by atoms with Gasteiger partial charge in [0.2, 0.25) is 11.8 Å². The lowest BCUT2D eigenvalue weighted by Gasteiger charge is -2.20. The van der Waals surface area contributed by atoms with Crippen LogP contribution in [0.5, 0.6) is 5.88 Å². The lowest BCUT2D eigenvalue weighted by molar-refractivity contribution is -0.127. The smallest absolute Gasteiger partial charge is 0.241 e. The molecule has 2 aromatic rings. The number of hydrogen-bond donors (Lipinski definition) is 2. The minimum atomic E-state index is -0.287. The highest BCUT2D eigenvalue weighted by Gasteiger charge is 2.12. The minimum absolute atomic E-state index is 0.0153. The van der Waals surface area contributed by atoms with Crippen LogP contribution in [0.1, 0.15) is 26.3 Å². The number of aliphatic imine (C=N–C) groups is 1. The molecule has 0 aliphatic heterocycles. The molecule has 0 atom stereocenters. The number of hydrogen-bond acceptors (Lipinski definition) is 5. The topological polar surface area (TPSA) is 78.9 Å². The summed E-state index contributed by atoms with van der Waals surface area (Å²) in [7, 11) is 3.47. The van der Waals surface area contributed by atoms with Gasteiger partial charge in [0.1, 0.15) is 5.60 Å². The van der Waals surface area contributed by atoms with E-state index in [0.29, 0.717) is 18.4 Å². The fourth-order valence-electron chi connectivity index (χ4n) is 2.40. The Morgan fingerprint density at radius 3 is 2.48 bits per heavy atom. The summed E-state index contributed by atoms with van der Waals surface area (Å²) < 4.78 is 5.76. The Kier molecular flexibility index (Phi) is 9.65. The largest absolute Gasteiger partial charge is 0.472 e. The van der Waals surface area contributed by atoms with E-state index in [9.17, 15) is 4.79 Å². The lowest BCUT2D eigenvalue weighted by Crippen LogP contribution is -2.43. The van der Waals surface area contributed by atoms with Crippen LogP contribution in [0.3, 0.4) is 0 Å². The molecule has 1 amide bonds. The van der Waals surface area contributed by atoms with E-state index in [1.165, 1.54) is 4.90 Å². The van der Waals surface area contributed by atoms with Crippen LogP contribution >= 0.6 is 11.8 Å². The molecule has 31 heavy (non-hydrogen) atoms. The van der Waals surface area contributed by atoms with Gasteiger partial charge in [-0.25, -0.2) is 9.98 Å². The third-order valence-corrected chi connectivity index (χ3v) is 4.95.